The van der Waals surface area contributed by atoms with Crippen molar-refractivity contribution < 1.29 is 14.3 Å². The van der Waals surface area contributed by atoms with Crippen LogP contribution < -0.4 is 15.5 Å². The van der Waals surface area contributed by atoms with Crippen LogP contribution in [0.15, 0.2) is 59.8 Å². The Morgan fingerprint density at radius 3 is 2.75 bits per heavy atom. The van der Waals surface area contributed by atoms with Gasteiger partial charge in [-0.3, -0.25) is 4.79 Å². The minimum Gasteiger partial charge on any atom is -0.497 e. The minimum atomic E-state index is -0.412. The highest BCUT2D eigenvalue weighted by atomic mass is 32.2. The first-order valence-electron chi connectivity index (χ1n) is 10.7. The van der Waals surface area contributed by atoms with E-state index in [-0.39, 0.29) is 18.1 Å². The topological polar surface area (TPSA) is 90.3 Å². The lowest BCUT2D eigenvalue weighted by Crippen LogP contribution is -2.45. The zero-order valence-corrected chi connectivity index (χ0v) is 18.5. The first-order chi connectivity index (χ1) is 15.7. The van der Waals surface area contributed by atoms with Crippen LogP contribution in [-0.4, -0.2) is 52.4 Å². The largest absolute Gasteiger partial charge is 0.497 e. The number of ether oxygens (including phenoxy) is 2. The van der Waals surface area contributed by atoms with Crippen molar-refractivity contribution in [1.29, 1.82) is 0 Å². The summed E-state index contributed by atoms with van der Waals surface area (Å²) in [5.41, 5.74) is 5.43. The van der Waals surface area contributed by atoms with E-state index < -0.39 is 5.25 Å². The molecule has 2 aromatic carbocycles. The van der Waals surface area contributed by atoms with Crippen LogP contribution in [0.4, 0.5) is 0 Å². The Bertz CT molecular complexity index is 1070. The van der Waals surface area contributed by atoms with Gasteiger partial charge in [0.15, 0.2) is 5.82 Å². The number of nitrogens with zero attached hydrogens (tertiary/aromatic N) is 3. The predicted molar refractivity (Wildman–Crippen MR) is 122 cm³/mol. The smallest absolute Gasteiger partial charge is 0.236 e. The molecule has 2 aliphatic rings. The maximum atomic E-state index is 13.2. The molecule has 8 nitrogen and oxygen atoms in total. The standard InChI is InChI=1S/C23H25N5O3S/c1-30-17-11-9-15(10-12-17)19-20(22(29)24-14-18-8-5-13-31-18)32-23-26-25-21(28(23)27-19)16-6-3-2-4-7-16/h2-4,6-7,9-12,18-20,27H,5,8,13-14H2,1H3,(H,24,29)/t18-,19+,20-/m1/s1. The molecule has 0 unspecified atom stereocenters. The molecule has 3 heterocycles. The Kier molecular flexibility index (Phi) is 6.00. The van der Waals surface area contributed by atoms with Gasteiger partial charge in [-0.2, -0.15) is 0 Å². The van der Waals surface area contributed by atoms with E-state index in [0.29, 0.717) is 17.5 Å². The Hall–Kier alpha value is -3.04. The van der Waals surface area contributed by atoms with Gasteiger partial charge in [-0.1, -0.05) is 54.2 Å². The van der Waals surface area contributed by atoms with Gasteiger partial charge in [0.25, 0.3) is 0 Å². The molecule has 0 aliphatic carbocycles. The first-order valence-corrected chi connectivity index (χ1v) is 11.6. The lowest BCUT2D eigenvalue weighted by Gasteiger charge is -2.33. The van der Waals surface area contributed by atoms with Crippen LogP contribution in [0.2, 0.25) is 0 Å². The van der Waals surface area contributed by atoms with E-state index >= 15 is 0 Å². The fourth-order valence-corrected chi connectivity index (χ4v) is 5.12. The number of carbonyl (C=O) groups is 1. The normalized spacial score (nSPS) is 22.1. The first kappa shape index (κ1) is 20.8. The van der Waals surface area contributed by atoms with Crippen molar-refractivity contribution in [2.75, 3.05) is 25.7 Å². The van der Waals surface area contributed by atoms with Crippen molar-refractivity contribution in [2.45, 2.75) is 35.4 Å². The maximum absolute atomic E-state index is 13.2. The summed E-state index contributed by atoms with van der Waals surface area (Å²) >= 11 is 1.42. The zero-order chi connectivity index (χ0) is 21.9. The molecule has 2 N–H and O–H groups in total. The van der Waals surface area contributed by atoms with Crippen molar-refractivity contribution in [3.8, 4) is 17.1 Å². The fourth-order valence-electron chi connectivity index (χ4n) is 4.01. The van der Waals surface area contributed by atoms with E-state index in [1.807, 2.05) is 59.3 Å². The second kappa shape index (κ2) is 9.22. The van der Waals surface area contributed by atoms with Crippen LogP contribution in [0.3, 0.4) is 0 Å². The summed E-state index contributed by atoms with van der Waals surface area (Å²) in [6.45, 7) is 1.29. The third-order valence-corrected chi connectivity index (χ3v) is 6.95. The quantitative estimate of drug-likeness (QED) is 0.595. The summed E-state index contributed by atoms with van der Waals surface area (Å²) < 4.78 is 12.8. The van der Waals surface area contributed by atoms with Crippen LogP contribution in [0.25, 0.3) is 11.4 Å². The van der Waals surface area contributed by atoms with Gasteiger partial charge in [-0.15, -0.1) is 10.2 Å². The summed E-state index contributed by atoms with van der Waals surface area (Å²) in [5.74, 6) is 1.44. The van der Waals surface area contributed by atoms with Gasteiger partial charge in [-0.05, 0) is 30.5 Å². The number of thioether (sulfide) groups is 1. The summed E-state index contributed by atoms with van der Waals surface area (Å²) in [4.78, 5) is 13.2. The van der Waals surface area contributed by atoms with Crippen LogP contribution in [0.5, 0.6) is 5.75 Å². The number of carbonyl (C=O) groups excluding carboxylic acids is 1. The molecule has 9 heteroatoms. The highest BCUT2D eigenvalue weighted by Crippen LogP contribution is 2.38. The molecule has 3 aromatic rings. The molecule has 166 valence electrons. The molecule has 1 amide bonds. The van der Waals surface area contributed by atoms with E-state index in [2.05, 4.69) is 20.9 Å². The van der Waals surface area contributed by atoms with Gasteiger partial charge in [0.05, 0.1) is 19.3 Å². The van der Waals surface area contributed by atoms with Crippen molar-refractivity contribution in [1.82, 2.24) is 20.2 Å². The molecule has 0 radical (unpaired) electrons. The monoisotopic (exact) mass is 451 g/mol. The molecule has 0 saturated carbocycles. The zero-order valence-electron chi connectivity index (χ0n) is 17.7. The Morgan fingerprint density at radius 2 is 2.03 bits per heavy atom. The number of amides is 1. The van der Waals surface area contributed by atoms with Crippen molar-refractivity contribution in [3.05, 3.63) is 60.2 Å². The molecule has 0 bridgehead atoms. The average Bonchev–Trinajstić information content (AvgIpc) is 3.52. The predicted octanol–water partition coefficient (Wildman–Crippen LogP) is 3.01. The summed E-state index contributed by atoms with van der Waals surface area (Å²) in [5, 5.41) is 12.1. The number of aromatic nitrogens is 3. The van der Waals surface area contributed by atoms with E-state index in [0.717, 1.165) is 36.3 Å². The van der Waals surface area contributed by atoms with Crippen LogP contribution in [0.1, 0.15) is 24.4 Å². The van der Waals surface area contributed by atoms with Crippen molar-refractivity contribution >= 4 is 17.7 Å². The molecule has 1 aromatic heterocycles. The molecule has 5 rings (SSSR count). The Morgan fingerprint density at radius 1 is 1.22 bits per heavy atom. The van der Waals surface area contributed by atoms with Gasteiger partial charge >= 0.3 is 0 Å². The van der Waals surface area contributed by atoms with E-state index in [4.69, 9.17) is 9.47 Å². The molecule has 0 spiro atoms. The van der Waals surface area contributed by atoms with Crippen molar-refractivity contribution in [2.24, 2.45) is 0 Å². The van der Waals surface area contributed by atoms with Crippen LogP contribution in [-0.2, 0) is 9.53 Å². The van der Waals surface area contributed by atoms with Gasteiger partial charge in [0.1, 0.15) is 11.0 Å². The van der Waals surface area contributed by atoms with Gasteiger partial charge in [0.2, 0.25) is 11.1 Å². The second-order valence-corrected chi connectivity index (χ2v) is 8.91. The van der Waals surface area contributed by atoms with Gasteiger partial charge < -0.3 is 20.2 Å². The molecule has 1 fully saturated rings. The Balaban J connectivity index is 1.44. The molecule has 1 saturated heterocycles. The highest BCUT2D eigenvalue weighted by Gasteiger charge is 2.38. The van der Waals surface area contributed by atoms with Crippen LogP contribution >= 0.6 is 11.8 Å². The van der Waals surface area contributed by atoms with Gasteiger partial charge in [-0.25, -0.2) is 4.68 Å². The molecule has 32 heavy (non-hydrogen) atoms. The number of rotatable bonds is 6. The maximum Gasteiger partial charge on any atom is 0.236 e. The van der Waals surface area contributed by atoms with Gasteiger partial charge in [0, 0.05) is 18.7 Å². The lowest BCUT2D eigenvalue weighted by molar-refractivity contribution is -0.121. The Labute approximate surface area is 190 Å². The van der Waals surface area contributed by atoms with E-state index in [9.17, 15) is 4.79 Å². The number of hydrogen-bond donors (Lipinski definition) is 2. The lowest BCUT2D eigenvalue weighted by atomic mass is 10.0. The molecular formula is C23H25N5O3S. The summed E-state index contributed by atoms with van der Waals surface area (Å²) in [7, 11) is 1.64. The number of hydrogen-bond acceptors (Lipinski definition) is 7. The molecule has 2 aliphatic heterocycles. The highest BCUT2D eigenvalue weighted by molar-refractivity contribution is 8.00. The molecular weight excluding hydrogens is 426 g/mol. The number of methoxy groups -OCH3 is 1. The second-order valence-electron chi connectivity index (χ2n) is 7.81. The minimum absolute atomic E-state index is 0.0469. The fraction of sp³-hybridized carbons (Fsp3) is 0.348. The number of fused-ring (bicyclic) bond motifs is 1. The molecule has 3 atom stereocenters. The third-order valence-electron chi connectivity index (χ3n) is 5.73. The summed E-state index contributed by atoms with van der Waals surface area (Å²) in [6, 6.07) is 17.4. The average molecular weight is 452 g/mol. The number of nitrogens with one attached hydrogen (secondary N) is 2. The number of benzene rings is 2. The van der Waals surface area contributed by atoms with E-state index in [1.54, 1.807) is 7.11 Å². The van der Waals surface area contributed by atoms with Crippen LogP contribution in [0, 0.1) is 0 Å². The summed E-state index contributed by atoms with van der Waals surface area (Å²) in [6.07, 6.45) is 2.11. The van der Waals surface area contributed by atoms with E-state index in [1.165, 1.54) is 11.8 Å². The third kappa shape index (κ3) is 4.18. The van der Waals surface area contributed by atoms with Crippen molar-refractivity contribution in [3.63, 3.8) is 0 Å². The SMILES string of the molecule is COc1ccc([C@@H]2Nn3c(nnc3-c3ccccc3)S[C@H]2C(=O)NC[C@H]2CCCO2)cc1.